The summed E-state index contributed by atoms with van der Waals surface area (Å²) in [5, 5.41) is 3.89. The van der Waals surface area contributed by atoms with Crippen LogP contribution in [-0.2, 0) is 22.6 Å². The normalized spacial score (nSPS) is 12.7. The van der Waals surface area contributed by atoms with Crippen molar-refractivity contribution in [3.05, 3.63) is 63.6 Å². The van der Waals surface area contributed by atoms with Gasteiger partial charge in [-0.1, -0.05) is 48.3 Å². The average molecular weight is 451 g/mol. The molecule has 2 atom stereocenters. The second-order valence-corrected chi connectivity index (χ2v) is 8.12. The van der Waals surface area contributed by atoms with Gasteiger partial charge >= 0.3 is 0 Å². The van der Waals surface area contributed by atoms with Crippen LogP contribution in [0.1, 0.15) is 38.3 Å². The van der Waals surface area contributed by atoms with Gasteiger partial charge in [0.15, 0.2) is 0 Å². The number of hydrogen-bond donors (Lipinski definition) is 1. The number of methoxy groups -OCH3 is 1. The molecule has 2 amide bonds. The smallest absolute Gasteiger partial charge is 0.242 e. The largest absolute Gasteiger partial charge is 0.497 e. The fourth-order valence-corrected chi connectivity index (χ4v) is 3.38. The highest BCUT2D eigenvalue weighted by Crippen LogP contribution is 2.23. The maximum absolute atomic E-state index is 13.2. The molecular weight excluding hydrogens is 423 g/mol. The molecule has 5 nitrogen and oxygen atoms in total. The summed E-state index contributed by atoms with van der Waals surface area (Å²) in [4.78, 5) is 27.5. The van der Waals surface area contributed by atoms with Crippen molar-refractivity contribution >= 4 is 35.0 Å². The van der Waals surface area contributed by atoms with Crippen molar-refractivity contribution in [1.82, 2.24) is 10.2 Å². The zero-order valence-electron chi connectivity index (χ0n) is 17.7. The zero-order valence-corrected chi connectivity index (χ0v) is 19.3. The van der Waals surface area contributed by atoms with Gasteiger partial charge in [-0.25, -0.2) is 0 Å². The van der Waals surface area contributed by atoms with E-state index in [2.05, 4.69) is 5.32 Å². The standard InChI is InChI=1S/C23H28Cl2N2O3/c1-5-15(2)26-23(29)16(3)27(14-17-6-10-20(30-4)11-7-17)22(28)12-18-8-9-19(24)13-21(18)25/h6-11,13,15-16H,5,12,14H2,1-4H3,(H,26,29)/t15-,16+/m0/s1. The van der Waals surface area contributed by atoms with E-state index in [0.717, 1.165) is 17.7 Å². The summed E-state index contributed by atoms with van der Waals surface area (Å²) in [6.07, 6.45) is 0.887. The fraction of sp³-hybridized carbons (Fsp3) is 0.391. The highest BCUT2D eigenvalue weighted by molar-refractivity contribution is 6.35. The number of rotatable bonds is 9. The second-order valence-electron chi connectivity index (χ2n) is 7.28. The van der Waals surface area contributed by atoms with Gasteiger partial charge in [-0.2, -0.15) is 0 Å². The molecule has 0 saturated heterocycles. The Bertz CT molecular complexity index is 871. The molecule has 0 aliphatic heterocycles. The number of benzene rings is 2. The molecule has 0 spiro atoms. The van der Waals surface area contributed by atoms with E-state index in [9.17, 15) is 9.59 Å². The van der Waals surface area contributed by atoms with Crippen LogP contribution in [0.4, 0.5) is 0 Å². The van der Waals surface area contributed by atoms with E-state index in [0.29, 0.717) is 22.2 Å². The van der Waals surface area contributed by atoms with Crippen molar-refractivity contribution in [1.29, 1.82) is 0 Å². The molecule has 2 aromatic rings. The molecule has 0 aromatic heterocycles. The van der Waals surface area contributed by atoms with Gasteiger partial charge in [-0.3, -0.25) is 9.59 Å². The Hall–Kier alpha value is -2.24. The summed E-state index contributed by atoms with van der Waals surface area (Å²) in [7, 11) is 1.60. The monoisotopic (exact) mass is 450 g/mol. The maximum Gasteiger partial charge on any atom is 0.242 e. The van der Waals surface area contributed by atoms with Crippen LogP contribution in [0.2, 0.25) is 10.0 Å². The lowest BCUT2D eigenvalue weighted by molar-refractivity contribution is -0.140. The first-order valence-corrected chi connectivity index (χ1v) is 10.7. The van der Waals surface area contributed by atoms with Crippen LogP contribution in [0, 0.1) is 0 Å². The van der Waals surface area contributed by atoms with Crippen molar-refractivity contribution in [3.8, 4) is 5.75 Å². The zero-order chi connectivity index (χ0) is 22.3. The van der Waals surface area contributed by atoms with Crippen molar-refractivity contribution in [2.75, 3.05) is 7.11 Å². The first-order chi connectivity index (χ1) is 14.2. The third-order valence-electron chi connectivity index (χ3n) is 5.04. The Morgan fingerprint density at radius 1 is 1.10 bits per heavy atom. The second kappa shape index (κ2) is 11.2. The summed E-state index contributed by atoms with van der Waals surface area (Å²) in [6.45, 7) is 5.97. The van der Waals surface area contributed by atoms with Crippen LogP contribution in [0.5, 0.6) is 5.75 Å². The van der Waals surface area contributed by atoms with Crippen LogP contribution in [0.25, 0.3) is 0 Å². The van der Waals surface area contributed by atoms with Gasteiger partial charge in [0, 0.05) is 22.6 Å². The van der Waals surface area contributed by atoms with Crippen molar-refractivity contribution in [2.45, 2.75) is 52.2 Å². The first-order valence-electron chi connectivity index (χ1n) is 9.91. The molecule has 0 saturated carbocycles. The Balaban J connectivity index is 2.25. The van der Waals surface area contributed by atoms with E-state index >= 15 is 0 Å². The average Bonchev–Trinajstić information content (AvgIpc) is 2.73. The SMILES string of the molecule is CC[C@H](C)NC(=O)[C@@H](C)N(Cc1ccc(OC)cc1)C(=O)Cc1ccc(Cl)cc1Cl. The Morgan fingerprint density at radius 3 is 2.33 bits per heavy atom. The molecule has 2 aromatic carbocycles. The van der Waals surface area contributed by atoms with Crippen molar-refractivity contribution in [2.24, 2.45) is 0 Å². The maximum atomic E-state index is 13.2. The molecule has 0 aliphatic carbocycles. The Kier molecular flexibility index (Phi) is 9.00. The van der Waals surface area contributed by atoms with Gasteiger partial charge in [0.2, 0.25) is 11.8 Å². The van der Waals surface area contributed by atoms with Gasteiger partial charge in [0.1, 0.15) is 11.8 Å². The van der Waals surface area contributed by atoms with E-state index in [1.54, 1.807) is 37.1 Å². The minimum absolute atomic E-state index is 0.0311. The third kappa shape index (κ3) is 6.64. The van der Waals surface area contributed by atoms with Crippen LogP contribution in [-0.4, -0.2) is 35.9 Å². The quantitative estimate of drug-likeness (QED) is 0.592. The fourth-order valence-electron chi connectivity index (χ4n) is 2.91. The minimum atomic E-state index is -0.639. The van der Waals surface area contributed by atoms with Crippen LogP contribution < -0.4 is 10.1 Å². The van der Waals surface area contributed by atoms with E-state index < -0.39 is 6.04 Å². The summed E-state index contributed by atoms with van der Waals surface area (Å²) >= 11 is 12.2. The highest BCUT2D eigenvalue weighted by Gasteiger charge is 2.27. The van der Waals surface area contributed by atoms with Crippen LogP contribution >= 0.6 is 23.2 Å². The molecular formula is C23H28Cl2N2O3. The summed E-state index contributed by atoms with van der Waals surface area (Å²) in [5.74, 6) is 0.349. The summed E-state index contributed by atoms with van der Waals surface area (Å²) in [5.41, 5.74) is 1.56. The molecule has 7 heteroatoms. The molecule has 0 radical (unpaired) electrons. The number of hydrogen-bond acceptors (Lipinski definition) is 3. The lowest BCUT2D eigenvalue weighted by atomic mass is 10.1. The molecule has 30 heavy (non-hydrogen) atoms. The Morgan fingerprint density at radius 2 is 1.77 bits per heavy atom. The van der Waals surface area contributed by atoms with E-state index in [-0.39, 0.29) is 24.3 Å². The number of ether oxygens (including phenoxy) is 1. The number of carbonyl (C=O) groups excluding carboxylic acids is 2. The Labute approximate surface area is 188 Å². The number of nitrogens with one attached hydrogen (secondary N) is 1. The molecule has 1 N–H and O–H groups in total. The minimum Gasteiger partial charge on any atom is -0.497 e. The molecule has 0 heterocycles. The number of amides is 2. The lowest BCUT2D eigenvalue weighted by Crippen LogP contribution is -2.49. The van der Waals surface area contributed by atoms with Crippen LogP contribution in [0.15, 0.2) is 42.5 Å². The molecule has 2 rings (SSSR count). The van der Waals surface area contributed by atoms with Crippen molar-refractivity contribution < 1.29 is 14.3 Å². The summed E-state index contributed by atoms with van der Waals surface area (Å²) in [6, 6.07) is 11.9. The van der Waals surface area contributed by atoms with E-state index in [1.807, 2.05) is 38.1 Å². The molecule has 0 fully saturated rings. The summed E-state index contributed by atoms with van der Waals surface area (Å²) < 4.78 is 5.20. The molecule has 0 unspecified atom stereocenters. The number of halogens is 2. The predicted octanol–water partition coefficient (Wildman–Crippen LogP) is 4.88. The number of nitrogens with zero attached hydrogens (tertiary/aromatic N) is 1. The lowest BCUT2D eigenvalue weighted by Gasteiger charge is -2.30. The first kappa shape index (κ1) is 24.0. The molecule has 162 valence electrons. The van der Waals surface area contributed by atoms with Crippen LogP contribution in [0.3, 0.4) is 0 Å². The highest BCUT2D eigenvalue weighted by atomic mass is 35.5. The van der Waals surface area contributed by atoms with Gasteiger partial charge in [-0.05, 0) is 55.7 Å². The van der Waals surface area contributed by atoms with E-state index in [4.69, 9.17) is 27.9 Å². The third-order valence-corrected chi connectivity index (χ3v) is 5.62. The van der Waals surface area contributed by atoms with E-state index in [1.165, 1.54) is 0 Å². The van der Waals surface area contributed by atoms with Gasteiger partial charge in [-0.15, -0.1) is 0 Å². The molecule has 0 bridgehead atoms. The molecule has 0 aliphatic rings. The number of carbonyl (C=O) groups is 2. The van der Waals surface area contributed by atoms with Gasteiger partial charge < -0.3 is 15.0 Å². The van der Waals surface area contributed by atoms with Crippen molar-refractivity contribution in [3.63, 3.8) is 0 Å². The topological polar surface area (TPSA) is 58.6 Å². The van der Waals surface area contributed by atoms with Gasteiger partial charge in [0.25, 0.3) is 0 Å². The predicted molar refractivity (Wildman–Crippen MR) is 121 cm³/mol. The van der Waals surface area contributed by atoms with Gasteiger partial charge in [0.05, 0.1) is 13.5 Å².